The van der Waals surface area contributed by atoms with Crippen LogP contribution in [0.5, 0.6) is 5.75 Å². The van der Waals surface area contributed by atoms with Crippen molar-refractivity contribution in [1.82, 2.24) is 10.2 Å². The van der Waals surface area contributed by atoms with Gasteiger partial charge in [0.25, 0.3) is 5.91 Å². The van der Waals surface area contributed by atoms with E-state index in [1.807, 2.05) is 88.4 Å². The van der Waals surface area contributed by atoms with Gasteiger partial charge in [0.05, 0.1) is 0 Å². The molecule has 3 aromatic carbocycles. The van der Waals surface area contributed by atoms with Gasteiger partial charge in [-0.3, -0.25) is 9.59 Å². The fourth-order valence-electron chi connectivity index (χ4n) is 4.04. The van der Waals surface area contributed by atoms with Gasteiger partial charge in [-0.2, -0.15) is 0 Å². The first-order valence-electron chi connectivity index (χ1n) is 12.5. The highest BCUT2D eigenvalue weighted by Gasteiger charge is 2.31. The summed E-state index contributed by atoms with van der Waals surface area (Å²) in [7, 11) is 0. The van der Waals surface area contributed by atoms with E-state index >= 15 is 0 Å². The fraction of sp³-hybridized carbons (Fsp3) is 0.333. The third kappa shape index (κ3) is 8.34. The molecule has 0 saturated heterocycles. The zero-order valence-corrected chi connectivity index (χ0v) is 24.1. The number of hydrogen-bond donors (Lipinski definition) is 1. The number of aryl methyl sites for hydroxylation is 2. The van der Waals surface area contributed by atoms with E-state index in [1.165, 1.54) is 0 Å². The van der Waals surface area contributed by atoms with Crippen molar-refractivity contribution in [3.05, 3.63) is 98.5 Å². The highest BCUT2D eigenvalue weighted by atomic mass is 79.9. The minimum atomic E-state index is -0.722. The van der Waals surface area contributed by atoms with E-state index in [2.05, 4.69) is 21.2 Å². The summed E-state index contributed by atoms with van der Waals surface area (Å²) in [6.45, 7) is 7.97. The Kier molecular flexibility index (Phi) is 10.6. The molecule has 0 aliphatic heterocycles. The lowest BCUT2D eigenvalue weighted by Gasteiger charge is -2.32. The molecule has 37 heavy (non-hydrogen) atoms. The standard InChI is InChI=1S/C30H34BrClN2O3/c1-5-22(4)33-30(36)27(17-23-10-7-6-8-11-23)34(18-24-12-9-13-25(32)16-24)28(35)19-37-26-14-20(2)29(31)21(3)15-26/h6-16,22,27H,5,17-19H2,1-4H3,(H,33,36). The Hall–Kier alpha value is -2.83. The molecule has 0 bridgehead atoms. The highest BCUT2D eigenvalue weighted by Crippen LogP contribution is 2.26. The molecule has 5 nitrogen and oxygen atoms in total. The summed E-state index contributed by atoms with van der Waals surface area (Å²) >= 11 is 9.81. The number of halogens is 2. The van der Waals surface area contributed by atoms with Crippen molar-refractivity contribution in [3.63, 3.8) is 0 Å². The molecule has 2 atom stereocenters. The largest absolute Gasteiger partial charge is 0.484 e. The normalized spacial score (nSPS) is 12.5. The Morgan fingerprint density at radius 3 is 2.27 bits per heavy atom. The first-order chi connectivity index (χ1) is 17.7. The lowest BCUT2D eigenvalue weighted by atomic mass is 10.0. The first-order valence-corrected chi connectivity index (χ1v) is 13.6. The average Bonchev–Trinajstić information content (AvgIpc) is 2.88. The lowest BCUT2D eigenvalue weighted by Crippen LogP contribution is -2.53. The fourth-order valence-corrected chi connectivity index (χ4v) is 4.49. The molecule has 0 fully saturated rings. The molecule has 0 radical (unpaired) electrons. The minimum absolute atomic E-state index is 0.0149. The molecule has 0 aliphatic carbocycles. The van der Waals surface area contributed by atoms with Crippen LogP contribution in [0.1, 0.15) is 42.5 Å². The van der Waals surface area contributed by atoms with Crippen LogP contribution in [-0.2, 0) is 22.6 Å². The average molecular weight is 586 g/mol. The number of carbonyl (C=O) groups is 2. The molecular weight excluding hydrogens is 552 g/mol. The van der Waals surface area contributed by atoms with Gasteiger partial charge in [0.2, 0.25) is 5.91 Å². The Balaban J connectivity index is 1.93. The van der Waals surface area contributed by atoms with Crippen molar-refractivity contribution in [3.8, 4) is 5.75 Å². The summed E-state index contributed by atoms with van der Waals surface area (Å²) in [6.07, 6.45) is 1.17. The van der Waals surface area contributed by atoms with E-state index in [0.29, 0.717) is 17.2 Å². The number of carbonyl (C=O) groups excluding carboxylic acids is 2. The number of rotatable bonds is 11. The SMILES string of the molecule is CCC(C)NC(=O)C(Cc1ccccc1)N(Cc1cccc(Cl)c1)C(=O)COc1cc(C)c(Br)c(C)c1. The molecule has 0 aromatic heterocycles. The van der Waals surface area contributed by atoms with Crippen LogP contribution in [0.2, 0.25) is 5.02 Å². The molecule has 0 saturated carbocycles. The Morgan fingerprint density at radius 1 is 1.00 bits per heavy atom. The van der Waals surface area contributed by atoms with E-state index in [-0.39, 0.29) is 31.0 Å². The van der Waals surface area contributed by atoms with Crippen molar-refractivity contribution in [2.24, 2.45) is 0 Å². The van der Waals surface area contributed by atoms with Crippen LogP contribution < -0.4 is 10.1 Å². The maximum absolute atomic E-state index is 13.7. The van der Waals surface area contributed by atoms with Gasteiger partial charge < -0.3 is 15.0 Å². The Labute approximate surface area is 233 Å². The number of nitrogens with one attached hydrogen (secondary N) is 1. The monoisotopic (exact) mass is 584 g/mol. The van der Waals surface area contributed by atoms with Crippen LogP contribution in [0.3, 0.4) is 0 Å². The molecule has 196 valence electrons. The van der Waals surface area contributed by atoms with Gasteiger partial charge in [-0.05, 0) is 73.7 Å². The topological polar surface area (TPSA) is 58.6 Å². The summed E-state index contributed by atoms with van der Waals surface area (Å²) in [4.78, 5) is 28.9. The van der Waals surface area contributed by atoms with Gasteiger partial charge in [0.1, 0.15) is 11.8 Å². The van der Waals surface area contributed by atoms with E-state index in [9.17, 15) is 9.59 Å². The number of amides is 2. The summed E-state index contributed by atoms with van der Waals surface area (Å²) in [5.41, 5.74) is 3.85. The van der Waals surface area contributed by atoms with Gasteiger partial charge in [-0.1, -0.05) is 76.9 Å². The van der Waals surface area contributed by atoms with Crippen molar-refractivity contribution >= 4 is 39.3 Å². The molecule has 2 amide bonds. The molecule has 3 rings (SSSR count). The van der Waals surface area contributed by atoms with Gasteiger partial charge in [-0.15, -0.1) is 0 Å². The summed E-state index contributed by atoms with van der Waals surface area (Å²) in [6, 6.07) is 20.1. The van der Waals surface area contributed by atoms with Gasteiger partial charge >= 0.3 is 0 Å². The quantitative estimate of drug-likeness (QED) is 0.274. The van der Waals surface area contributed by atoms with Crippen LogP contribution in [0.25, 0.3) is 0 Å². The van der Waals surface area contributed by atoms with E-state index in [1.54, 1.807) is 11.0 Å². The predicted molar refractivity (Wildman–Crippen MR) is 153 cm³/mol. The Morgan fingerprint density at radius 2 is 1.65 bits per heavy atom. The second-order valence-electron chi connectivity index (χ2n) is 9.33. The third-order valence-electron chi connectivity index (χ3n) is 6.29. The maximum atomic E-state index is 13.7. The van der Waals surface area contributed by atoms with E-state index in [0.717, 1.165) is 33.1 Å². The number of hydrogen-bond acceptors (Lipinski definition) is 3. The molecular formula is C30H34BrClN2O3. The van der Waals surface area contributed by atoms with Crippen LogP contribution in [0.4, 0.5) is 0 Å². The lowest BCUT2D eigenvalue weighted by molar-refractivity contribution is -0.143. The van der Waals surface area contributed by atoms with Gasteiger partial charge in [0, 0.05) is 28.5 Å². The van der Waals surface area contributed by atoms with Crippen LogP contribution in [0, 0.1) is 13.8 Å². The number of ether oxygens (including phenoxy) is 1. The number of nitrogens with zero attached hydrogens (tertiary/aromatic N) is 1. The van der Waals surface area contributed by atoms with Crippen molar-refractivity contribution in [2.45, 2.75) is 59.2 Å². The van der Waals surface area contributed by atoms with Crippen molar-refractivity contribution in [2.75, 3.05) is 6.61 Å². The van der Waals surface area contributed by atoms with Crippen LogP contribution >= 0.6 is 27.5 Å². The predicted octanol–water partition coefficient (Wildman–Crippen LogP) is 6.65. The molecule has 3 aromatic rings. The minimum Gasteiger partial charge on any atom is -0.484 e. The highest BCUT2D eigenvalue weighted by molar-refractivity contribution is 9.10. The third-order valence-corrected chi connectivity index (χ3v) is 7.77. The zero-order valence-electron chi connectivity index (χ0n) is 21.8. The maximum Gasteiger partial charge on any atom is 0.261 e. The summed E-state index contributed by atoms with van der Waals surface area (Å²) in [5.74, 6) is 0.139. The van der Waals surface area contributed by atoms with E-state index in [4.69, 9.17) is 16.3 Å². The second-order valence-corrected chi connectivity index (χ2v) is 10.6. The molecule has 1 N–H and O–H groups in total. The molecule has 0 heterocycles. The molecule has 0 aliphatic rings. The van der Waals surface area contributed by atoms with Crippen LogP contribution in [0.15, 0.2) is 71.2 Å². The zero-order chi connectivity index (χ0) is 26.9. The van der Waals surface area contributed by atoms with Crippen molar-refractivity contribution < 1.29 is 14.3 Å². The molecule has 0 spiro atoms. The van der Waals surface area contributed by atoms with Gasteiger partial charge in [0.15, 0.2) is 6.61 Å². The van der Waals surface area contributed by atoms with Crippen LogP contribution in [-0.4, -0.2) is 35.4 Å². The summed E-state index contributed by atoms with van der Waals surface area (Å²) < 4.78 is 6.95. The smallest absolute Gasteiger partial charge is 0.261 e. The molecule has 7 heteroatoms. The van der Waals surface area contributed by atoms with Gasteiger partial charge in [-0.25, -0.2) is 0 Å². The molecule has 2 unspecified atom stereocenters. The number of benzene rings is 3. The second kappa shape index (κ2) is 13.6. The first kappa shape index (κ1) is 28.7. The Bertz CT molecular complexity index is 1200. The summed E-state index contributed by atoms with van der Waals surface area (Å²) in [5, 5.41) is 3.65. The van der Waals surface area contributed by atoms with Crippen molar-refractivity contribution in [1.29, 1.82) is 0 Å². The van der Waals surface area contributed by atoms with E-state index < -0.39 is 6.04 Å².